The molecule has 0 spiro atoms. The fourth-order valence-electron chi connectivity index (χ4n) is 4.74. The SMILES string of the molecule is O=C(Nc1noc2ccccc12)N1CCN(Cc2cccc(C#Cc3cccc4ccccc34)c2)CC1. The van der Waals surface area contributed by atoms with Crippen molar-refractivity contribution in [2.75, 3.05) is 31.5 Å². The minimum absolute atomic E-state index is 0.149. The number of nitrogens with one attached hydrogen (secondary N) is 1. The third-order valence-corrected chi connectivity index (χ3v) is 6.73. The van der Waals surface area contributed by atoms with E-state index in [1.54, 1.807) is 0 Å². The summed E-state index contributed by atoms with van der Waals surface area (Å²) in [5.41, 5.74) is 3.92. The summed E-state index contributed by atoms with van der Waals surface area (Å²) >= 11 is 0. The lowest BCUT2D eigenvalue weighted by atomic mass is 10.0. The molecule has 0 unspecified atom stereocenters. The van der Waals surface area contributed by atoms with Crippen LogP contribution in [0.3, 0.4) is 0 Å². The van der Waals surface area contributed by atoms with Gasteiger partial charge < -0.3 is 9.42 Å². The third kappa shape index (κ3) is 5.04. The Kier molecular flexibility index (Phi) is 6.28. The molecule has 6 nitrogen and oxygen atoms in total. The van der Waals surface area contributed by atoms with E-state index in [0.717, 1.165) is 36.1 Å². The summed E-state index contributed by atoms with van der Waals surface area (Å²) in [6, 6.07) is 30.3. The van der Waals surface area contributed by atoms with Gasteiger partial charge in [-0.25, -0.2) is 4.79 Å². The maximum absolute atomic E-state index is 12.8. The van der Waals surface area contributed by atoms with Crippen molar-refractivity contribution in [3.63, 3.8) is 0 Å². The number of carbonyl (C=O) groups excluding carboxylic acids is 1. The predicted octanol–water partition coefficient (Wildman–Crippen LogP) is 5.73. The molecule has 1 aliphatic heterocycles. The van der Waals surface area contributed by atoms with Crippen LogP contribution in [0.15, 0.2) is 95.5 Å². The molecule has 0 aliphatic carbocycles. The Labute approximate surface area is 215 Å². The van der Waals surface area contributed by atoms with E-state index in [-0.39, 0.29) is 6.03 Å². The maximum Gasteiger partial charge on any atom is 0.323 e. The number of fused-ring (bicyclic) bond motifs is 2. The van der Waals surface area contributed by atoms with E-state index in [1.165, 1.54) is 16.3 Å². The molecule has 4 aromatic carbocycles. The van der Waals surface area contributed by atoms with Crippen LogP contribution in [-0.2, 0) is 6.54 Å². The van der Waals surface area contributed by atoms with E-state index in [9.17, 15) is 4.79 Å². The van der Waals surface area contributed by atoms with Gasteiger partial charge in [0.2, 0.25) is 0 Å². The number of aromatic nitrogens is 1. The molecule has 1 N–H and O–H groups in total. The van der Waals surface area contributed by atoms with Crippen LogP contribution in [0, 0.1) is 11.8 Å². The van der Waals surface area contributed by atoms with Crippen LogP contribution in [0.25, 0.3) is 21.7 Å². The number of benzene rings is 4. The second kappa shape index (κ2) is 10.2. The average molecular weight is 487 g/mol. The highest BCUT2D eigenvalue weighted by atomic mass is 16.5. The fraction of sp³-hybridized carbons (Fsp3) is 0.161. The van der Waals surface area contributed by atoms with E-state index < -0.39 is 0 Å². The molecule has 0 atom stereocenters. The van der Waals surface area contributed by atoms with Crippen molar-refractivity contribution in [2.45, 2.75) is 6.54 Å². The first kappa shape index (κ1) is 22.8. The molecule has 6 rings (SSSR count). The third-order valence-electron chi connectivity index (χ3n) is 6.73. The van der Waals surface area contributed by atoms with Crippen LogP contribution in [0.5, 0.6) is 0 Å². The highest BCUT2D eigenvalue weighted by Crippen LogP contribution is 2.23. The van der Waals surface area contributed by atoms with E-state index >= 15 is 0 Å². The average Bonchev–Trinajstić information content (AvgIpc) is 3.35. The van der Waals surface area contributed by atoms with Gasteiger partial charge in [-0.05, 0) is 46.7 Å². The molecule has 0 radical (unpaired) electrons. The van der Waals surface area contributed by atoms with Gasteiger partial charge in [0.15, 0.2) is 11.4 Å². The smallest absolute Gasteiger partial charge is 0.323 e. The summed E-state index contributed by atoms with van der Waals surface area (Å²) in [7, 11) is 0. The normalized spacial score (nSPS) is 13.9. The van der Waals surface area contributed by atoms with Gasteiger partial charge in [-0.2, -0.15) is 0 Å². The van der Waals surface area contributed by atoms with Crippen molar-refractivity contribution in [1.29, 1.82) is 0 Å². The molecule has 0 saturated carbocycles. The Hall–Kier alpha value is -4.60. The molecule has 1 aromatic heterocycles. The van der Waals surface area contributed by atoms with Crippen LogP contribution in [0.2, 0.25) is 0 Å². The Morgan fingerprint density at radius 3 is 2.49 bits per heavy atom. The number of piperazine rings is 1. The van der Waals surface area contributed by atoms with E-state index in [4.69, 9.17) is 4.52 Å². The summed E-state index contributed by atoms with van der Waals surface area (Å²) < 4.78 is 5.29. The summed E-state index contributed by atoms with van der Waals surface area (Å²) in [6.07, 6.45) is 0. The molecule has 2 amide bonds. The number of amides is 2. The lowest BCUT2D eigenvalue weighted by Crippen LogP contribution is -2.49. The minimum atomic E-state index is -0.149. The molecule has 182 valence electrons. The van der Waals surface area contributed by atoms with Crippen molar-refractivity contribution in [3.05, 3.63) is 108 Å². The number of hydrogen-bond donors (Lipinski definition) is 1. The summed E-state index contributed by atoms with van der Waals surface area (Å²) in [4.78, 5) is 17.0. The predicted molar refractivity (Wildman–Crippen MR) is 146 cm³/mol. The molecule has 6 heteroatoms. The molecule has 2 heterocycles. The van der Waals surface area contributed by atoms with E-state index in [0.29, 0.717) is 24.5 Å². The van der Waals surface area contributed by atoms with Crippen LogP contribution in [0.1, 0.15) is 16.7 Å². The van der Waals surface area contributed by atoms with Crippen molar-refractivity contribution in [2.24, 2.45) is 0 Å². The van der Waals surface area contributed by atoms with Gasteiger partial charge in [0, 0.05) is 43.9 Å². The minimum Gasteiger partial charge on any atom is -0.354 e. The van der Waals surface area contributed by atoms with E-state index in [2.05, 4.69) is 81.8 Å². The maximum atomic E-state index is 12.8. The second-order valence-corrected chi connectivity index (χ2v) is 9.20. The fourth-order valence-corrected chi connectivity index (χ4v) is 4.74. The Bertz CT molecular complexity index is 1630. The lowest BCUT2D eigenvalue weighted by Gasteiger charge is -2.34. The first-order chi connectivity index (χ1) is 18.2. The Balaban J connectivity index is 1.07. The van der Waals surface area contributed by atoms with Crippen molar-refractivity contribution >= 4 is 33.6 Å². The molecule has 37 heavy (non-hydrogen) atoms. The van der Waals surface area contributed by atoms with Crippen molar-refractivity contribution in [1.82, 2.24) is 15.0 Å². The van der Waals surface area contributed by atoms with Crippen molar-refractivity contribution in [3.8, 4) is 11.8 Å². The highest BCUT2D eigenvalue weighted by molar-refractivity contribution is 5.98. The highest BCUT2D eigenvalue weighted by Gasteiger charge is 2.22. The quantitative estimate of drug-likeness (QED) is 0.331. The first-order valence-corrected chi connectivity index (χ1v) is 12.4. The van der Waals surface area contributed by atoms with Crippen LogP contribution in [-0.4, -0.2) is 47.2 Å². The van der Waals surface area contributed by atoms with Gasteiger partial charge >= 0.3 is 6.03 Å². The monoisotopic (exact) mass is 486 g/mol. The number of hydrogen-bond acceptors (Lipinski definition) is 4. The number of carbonyl (C=O) groups is 1. The number of para-hydroxylation sites is 1. The van der Waals surface area contributed by atoms with Crippen molar-refractivity contribution < 1.29 is 9.32 Å². The molecular weight excluding hydrogens is 460 g/mol. The molecule has 1 aliphatic rings. The second-order valence-electron chi connectivity index (χ2n) is 9.20. The molecule has 1 saturated heterocycles. The van der Waals surface area contributed by atoms with Crippen LogP contribution in [0.4, 0.5) is 10.6 Å². The van der Waals surface area contributed by atoms with Gasteiger partial charge in [0.05, 0.1) is 5.39 Å². The zero-order valence-electron chi connectivity index (χ0n) is 20.4. The summed E-state index contributed by atoms with van der Waals surface area (Å²) in [6.45, 7) is 3.75. The molecule has 0 bridgehead atoms. The molecular formula is C31H26N4O2. The topological polar surface area (TPSA) is 61.6 Å². The van der Waals surface area contributed by atoms with Gasteiger partial charge in [-0.1, -0.05) is 77.7 Å². The largest absolute Gasteiger partial charge is 0.354 e. The summed E-state index contributed by atoms with van der Waals surface area (Å²) in [5.74, 6) is 7.16. The van der Waals surface area contributed by atoms with Gasteiger partial charge in [0.25, 0.3) is 0 Å². The molecule has 5 aromatic rings. The van der Waals surface area contributed by atoms with Gasteiger partial charge in [-0.3, -0.25) is 10.2 Å². The first-order valence-electron chi connectivity index (χ1n) is 12.4. The summed E-state index contributed by atoms with van der Waals surface area (Å²) in [5, 5.41) is 10.1. The number of urea groups is 1. The van der Waals surface area contributed by atoms with E-state index in [1.807, 2.05) is 41.3 Å². The standard InChI is InChI=1S/C31H26N4O2/c36-31(32-30-28-13-3-4-14-29(28)37-33-30)35-19-17-34(18-20-35)22-24-8-5-7-23(21-24)15-16-26-11-6-10-25-9-1-2-12-27(25)26/h1-14,21H,17-20,22H2,(H,32,33,36). The van der Waals surface area contributed by atoms with Gasteiger partial charge in [0.1, 0.15) is 0 Å². The molecule has 1 fully saturated rings. The lowest BCUT2D eigenvalue weighted by molar-refractivity contribution is 0.143. The Morgan fingerprint density at radius 1 is 0.838 bits per heavy atom. The zero-order valence-corrected chi connectivity index (χ0v) is 20.4. The number of anilines is 1. The Morgan fingerprint density at radius 2 is 1.59 bits per heavy atom. The number of rotatable bonds is 3. The van der Waals surface area contributed by atoms with Crippen LogP contribution < -0.4 is 5.32 Å². The number of nitrogens with zero attached hydrogens (tertiary/aromatic N) is 3. The van der Waals surface area contributed by atoms with Gasteiger partial charge in [-0.15, -0.1) is 0 Å². The van der Waals surface area contributed by atoms with Crippen LogP contribution >= 0.6 is 0 Å². The zero-order chi connectivity index (χ0) is 25.0.